The molecule has 0 amide bonds. The first-order valence-corrected chi connectivity index (χ1v) is 5.50. The van der Waals surface area contributed by atoms with Crippen LogP contribution in [0.5, 0.6) is 0 Å². The lowest BCUT2D eigenvalue weighted by atomic mass is 10.3. The molecule has 0 aromatic rings. The van der Waals surface area contributed by atoms with Crippen molar-refractivity contribution >= 4 is 6.21 Å². The summed E-state index contributed by atoms with van der Waals surface area (Å²) in [6.45, 7) is 11.4. The minimum absolute atomic E-state index is 0.364. The molecule has 4 nitrogen and oxygen atoms in total. The SMILES string of the molecule is C=CC=NC(=C)CNCC(O)COCCC. The molecule has 0 rings (SSSR count). The molecule has 0 aliphatic carbocycles. The van der Waals surface area contributed by atoms with Gasteiger partial charge in [-0.25, -0.2) is 0 Å². The minimum Gasteiger partial charge on any atom is -0.389 e. The van der Waals surface area contributed by atoms with Crippen molar-refractivity contribution in [3.05, 3.63) is 24.9 Å². The maximum Gasteiger partial charge on any atom is 0.0897 e. The second-order valence-electron chi connectivity index (χ2n) is 3.44. The Bertz CT molecular complexity index is 227. The van der Waals surface area contributed by atoms with Crippen molar-refractivity contribution < 1.29 is 9.84 Å². The summed E-state index contributed by atoms with van der Waals surface area (Å²) in [4.78, 5) is 4.00. The molecule has 0 aliphatic heterocycles. The smallest absolute Gasteiger partial charge is 0.0897 e. The molecule has 0 heterocycles. The van der Waals surface area contributed by atoms with Gasteiger partial charge in [-0.2, -0.15) is 0 Å². The van der Waals surface area contributed by atoms with Crippen molar-refractivity contribution in [1.82, 2.24) is 5.32 Å². The van der Waals surface area contributed by atoms with Gasteiger partial charge in [0.1, 0.15) is 0 Å². The molecule has 16 heavy (non-hydrogen) atoms. The van der Waals surface area contributed by atoms with Gasteiger partial charge < -0.3 is 15.2 Å². The fourth-order valence-corrected chi connectivity index (χ4v) is 1.01. The van der Waals surface area contributed by atoms with Crippen molar-refractivity contribution in [3.63, 3.8) is 0 Å². The van der Waals surface area contributed by atoms with Gasteiger partial charge in [-0.3, -0.25) is 4.99 Å². The summed E-state index contributed by atoms with van der Waals surface area (Å²) in [5, 5.41) is 12.5. The number of nitrogens with zero attached hydrogens (tertiary/aromatic N) is 1. The standard InChI is InChI=1S/C12H22N2O2/c1-4-6-14-11(3)8-13-9-12(15)10-16-7-5-2/h4,6,12-13,15H,1,3,5,7-10H2,2H3. The fourth-order valence-electron chi connectivity index (χ4n) is 1.01. The van der Waals surface area contributed by atoms with Gasteiger partial charge in [-0.05, 0) is 6.42 Å². The van der Waals surface area contributed by atoms with Crippen molar-refractivity contribution in [2.24, 2.45) is 4.99 Å². The van der Waals surface area contributed by atoms with Crippen LogP contribution in [0.3, 0.4) is 0 Å². The third kappa shape index (κ3) is 9.58. The zero-order valence-corrected chi connectivity index (χ0v) is 9.98. The average Bonchev–Trinajstić information content (AvgIpc) is 2.26. The van der Waals surface area contributed by atoms with Crippen LogP contribution < -0.4 is 5.32 Å². The number of nitrogens with one attached hydrogen (secondary N) is 1. The molecule has 0 spiro atoms. The largest absolute Gasteiger partial charge is 0.389 e. The topological polar surface area (TPSA) is 53.9 Å². The highest BCUT2D eigenvalue weighted by Gasteiger charge is 2.02. The Kier molecular flexibility index (Phi) is 9.91. The van der Waals surface area contributed by atoms with Gasteiger partial charge in [-0.15, -0.1) is 0 Å². The molecule has 4 heteroatoms. The van der Waals surface area contributed by atoms with Gasteiger partial charge in [0.05, 0.1) is 12.7 Å². The van der Waals surface area contributed by atoms with E-state index in [4.69, 9.17) is 4.74 Å². The van der Waals surface area contributed by atoms with Gasteiger partial charge in [0.25, 0.3) is 0 Å². The Labute approximate surface area is 97.7 Å². The third-order valence-corrected chi connectivity index (χ3v) is 1.73. The Morgan fingerprint density at radius 2 is 2.38 bits per heavy atom. The number of hydrogen-bond donors (Lipinski definition) is 2. The quantitative estimate of drug-likeness (QED) is 0.434. The molecule has 1 unspecified atom stereocenters. The summed E-state index contributed by atoms with van der Waals surface area (Å²) < 4.78 is 5.21. The molecule has 0 radical (unpaired) electrons. The van der Waals surface area contributed by atoms with E-state index in [1.807, 2.05) is 6.92 Å². The Morgan fingerprint density at radius 3 is 3.00 bits per heavy atom. The molecule has 1 atom stereocenters. The van der Waals surface area contributed by atoms with Crippen molar-refractivity contribution in [2.75, 3.05) is 26.3 Å². The van der Waals surface area contributed by atoms with E-state index in [1.165, 1.54) is 0 Å². The number of rotatable bonds is 10. The van der Waals surface area contributed by atoms with Crippen LogP contribution in [0.1, 0.15) is 13.3 Å². The van der Waals surface area contributed by atoms with E-state index in [-0.39, 0.29) is 0 Å². The van der Waals surface area contributed by atoms with Crippen LogP contribution in [0.15, 0.2) is 29.9 Å². The molecule has 2 N–H and O–H groups in total. The van der Waals surface area contributed by atoms with Crippen molar-refractivity contribution in [3.8, 4) is 0 Å². The molecular weight excluding hydrogens is 204 g/mol. The van der Waals surface area contributed by atoms with Crippen LogP contribution in [0.2, 0.25) is 0 Å². The molecule has 0 aromatic heterocycles. The molecule has 0 fully saturated rings. The van der Waals surface area contributed by atoms with Gasteiger partial charge in [-0.1, -0.05) is 26.2 Å². The Morgan fingerprint density at radius 1 is 1.62 bits per heavy atom. The highest BCUT2D eigenvalue weighted by molar-refractivity contribution is 5.71. The first-order chi connectivity index (χ1) is 7.70. The molecule has 0 bridgehead atoms. The number of aliphatic imine (C=N–C) groups is 1. The Hall–Kier alpha value is -0.970. The van der Waals surface area contributed by atoms with Crippen LogP contribution in [0.25, 0.3) is 0 Å². The lowest BCUT2D eigenvalue weighted by Gasteiger charge is -2.11. The highest BCUT2D eigenvalue weighted by Crippen LogP contribution is 1.90. The first-order valence-electron chi connectivity index (χ1n) is 5.50. The predicted molar refractivity (Wildman–Crippen MR) is 67.8 cm³/mol. The molecule has 92 valence electrons. The first kappa shape index (κ1) is 15.0. The summed E-state index contributed by atoms with van der Waals surface area (Å²) in [5.41, 5.74) is 0.710. The second-order valence-corrected chi connectivity index (χ2v) is 3.44. The monoisotopic (exact) mass is 226 g/mol. The number of ether oxygens (including phenoxy) is 1. The predicted octanol–water partition coefficient (Wildman–Crippen LogP) is 1.13. The summed E-state index contributed by atoms with van der Waals surface area (Å²) in [6.07, 6.45) is 3.67. The van der Waals surface area contributed by atoms with Gasteiger partial charge in [0.2, 0.25) is 0 Å². The molecule has 0 saturated carbocycles. The number of aliphatic hydroxyl groups is 1. The Balaban J connectivity index is 3.46. The lowest BCUT2D eigenvalue weighted by Crippen LogP contribution is -2.31. The van der Waals surface area contributed by atoms with E-state index in [0.717, 1.165) is 6.42 Å². The summed E-state index contributed by atoms with van der Waals surface area (Å²) in [5.74, 6) is 0. The van der Waals surface area contributed by atoms with Crippen LogP contribution in [0.4, 0.5) is 0 Å². The van der Waals surface area contributed by atoms with E-state index in [2.05, 4.69) is 23.5 Å². The minimum atomic E-state index is -0.484. The van der Waals surface area contributed by atoms with Gasteiger partial charge in [0, 0.05) is 31.6 Å². The molecular formula is C12H22N2O2. The zero-order chi connectivity index (χ0) is 12.2. The van der Waals surface area contributed by atoms with E-state index in [1.54, 1.807) is 12.3 Å². The van der Waals surface area contributed by atoms with Gasteiger partial charge >= 0.3 is 0 Å². The van der Waals surface area contributed by atoms with Crippen molar-refractivity contribution in [1.29, 1.82) is 0 Å². The maximum atomic E-state index is 9.49. The normalized spacial score (nSPS) is 12.9. The number of hydrogen-bond acceptors (Lipinski definition) is 4. The number of allylic oxidation sites excluding steroid dienone is 1. The van der Waals surface area contributed by atoms with Crippen molar-refractivity contribution in [2.45, 2.75) is 19.4 Å². The number of aliphatic hydroxyl groups excluding tert-OH is 1. The lowest BCUT2D eigenvalue weighted by molar-refractivity contribution is 0.0377. The third-order valence-electron chi connectivity index (χ3n) is 1.73. The second kappa shape index (κ2) is 10.5. The fraction of sp³-hybridized carbons (Fsp3) is 0.583. The molecule has 0 aliphatic rings. The molecule has 0 aromatic carbocycles. The van der Waals surface area contributed by atoms with E-state index < -0.39 is 6.10 Å². The van der Waals surface area contributed by atoms with E-state index >= 15 is 0 Å². The van der Waals surface area contributed by atoms with Crippen LogP contribution >= 0.6 is 0 Å². The summed E-state index contributed by atoms with van der Waals surface area (Å²) >= 11 is 0. The van der Waals surface area contributed by atoms with Crippen LogP contribution in [-0.4, -0.2) is 43.7 Å². The summed E-state index contributed by atoms with van der Waals surface area (Å²) in [6, 6.07) is 0. The van der Waals surface area contributed by atoms with E-state index in [9.17, 15) is 5.11 Å². The summed E-state index contributed by atoms with van der Waals surface area (Å²) in [7, 11) is 0. The molecule has 0 saturated heterocycles. The van der Waals surface area contributed by atoms with Crippen LogP contribution in [0, 0.1) is 0 Å². The van der Waals surface area contributed by atoms with Crippen LogP contribution in [-0.2, 0) is 4.74 Å². The van der Waals surface area contributed by atoms with Gasteiger partial charge in [0.15, 0.2) is 0 Å². The highest BCUT2D eigenvalue weighted by atomic mass is 16.5. The maximum absolute atomic E-state index is 9.49. The zero-order valence-electron chi connectivity index (χ0n) is 9.98. The van der Waals surface area contributed by atoms with E-state index in [0.29, 0.717) is 32.0 Å². The average molecular weight is 226 g/mol.